The van der Waals surface area contributed by atoms with Crippen molar-refractivity contribution < 1.29 is 19.0 Å². The van der Waals surface area contributed by atoms with Crippen LogP contribution < -0.4 is 19.8 Å². The van der Waals surface area contributed by atoms with Crippen LogP contribution in [0.15, 0.2) is 46.9 Å². The standard InChI is InChI=1S/C32H35N5O5/c1-19-20(2)31(38)35(3)17-26(19)21-11-28(40-4)27(29(12-21)41-5)18-36-15-25-13-24(36)16-37(25)32(39)22(14-33)10-23-8-7-9-30(34-23)42-6/h7-12,17,24-25H,13,15-16,18H2,1-6H3/b22-10+. The smallest absolute Gasteiger partial charge is 0.264 e. The highest BCUT2D eigenvalue weighted by atomic mass is 16.5. The Bertz CT molecular complexity index is 1650. The molecule has 2 aromatic heterocycles. The summed E-state index contributed by atoms with van der Waals surface area (Å²) in [6, 6.07) is 11.4. The minimum atomic E-state index is -0.281. The van der Waals surface area contributed by atoms with Crippen LogP contribution in [-0.2, 0) is 18.4 Å². The zero-order valence-electron chi connectivity index (χ0n) is 24.8. The van der Waals surface area contributed by atoms with Crippen LogP contribution in [0.3, 0.4) is 0 Å². The van der Waals surface area contributed by atoms with Crippen molar-refractivity contribution in [3.05, 3.63) is 74.8 Å². The van der Waals surface area contributed by atoms with Crippen molar-refractivity contribution in [2.75, 3.05) is 34.4 Å². The largest absolute Gasteiger partial charge is 0.496 e. The van der Waals surface area contributed by atoms with Crippen LogP contribution in [0.4, 0.5) is 0 Å². The van der Waals surface area contributed by atoms with Crippen molar-refractivity contribution >= 4 is 12.0 Å². The Balaban J connectivity index is 1.36. The Morgan fingerprint density at radius 3 is 2.38 bits per heavy atom. The number of likely N-dealkylation sites (tertiary alicyclic amines) is 2. The van der Waals surface area contributed by atoms with Crippen LogP contribution in [0.1, 0.15) is 28.8 Å². The number of hydrogen-bond acceptors (Lipinski definition) is 8. The fourth-order valence-electron chi connectivity index (χ4n) is 6.03. The fourth-order valence-corrected chi connectivity index (χ4v) is 6.03. The molecule has 1 aromatic carbocycles. The number of ether oxygens (including phenoxy) is 3. The number of carbonyl (C=O) groups excluding carboxylic acids is 1. The van der Waals surface area contributed by atoms with Crippen molar-refractivity contribution in [3.63, 3.8) is 0 Å². The lowest BCUT2D eigenvalue weighted by Crippen LogP contribution is -2.48. The Hall–Kier alpha value is -4.62. The maximum atomic E-state index is 13.4. The maximum Gasteiger partial charge on any atom is 0.264 e. The number of aromatic nitrogens is 2. The third kappa shape index (κ3) is 5.23. The minimum absolute atomic E-state index is 0.00464. The van der Waals surface area contributed by atoms with Gasteiger partial charge in [0.2, 0.25) is 5.88 Å². The van der Waals surface area contributed by atoms with Crippen LogP contribution in [-0.4, -0.2) is 71.8 Å². The molecule has 2 atom stereocenters. The Kier molecular flexibility index (Phi) is 8.05. The summed E-state index contributed by atoms with van der Waals surface area (Å²) in [5, 5.41) is 9.76. The molecule has 2 aliphatic heterocycles. The molecule has 0 saturated carbocycles. The van der Waals surface area contributed by atoms with Crippen LogP contribution in [0.2, 0.25) is 0 Å². The van der Waals surface area contributed by atoms with Gasteiger partial charge in [-0.05, 0) is 55.7 Å². The van der Waals surface area contributed by atoms with E-state index in [2.05, 4.69) is 16.0 Å². The maximum absolute atomic E-state index is 13.4. The second-order valence-corrected chi connectivity index (χ2v) is 10.8. The zero-order valence-corrected chi connectivity index (χ0v) is 24.8. The van der Waals surface area contributed by atoms with E-state index in [0.29, 0.717) is 48.3 Å². The van der Waals surface area contributed by atoms with Crippen molar-refractivity contribution in [2.24, 2.45) is 7.05 Å². The van der Waals surface area contributed by atoms with Gasteiger partial charge in [0.25, 0.3) is 11.5 Å². The van der Waals surface area contributed by atoms with E-state index in [1.54, 1.807) is 48.9 Å². The molecule has 3 aromatic rings. The Morgan fingerprint density at radius 1 is 1.07 bits per heavy atom. The number of hydrogen-bond donors (Lipinski definition) is 0. The number of aryl methyl sites for hydroxylation is 1. The number of amides is 1. The van der Waals surface area contributed by atoms with Crippen molar-refractivity contribution in [1.29, 1.82) is 5.26 Å². The van der Waals surface area contributed by atoms with E-state index in [-0.39, 0.29) is 29.1 Å². The van der Waals surface area contributed by atoms with Crippen molar-refractivity contribution in [1.82, 2.24) is 19.4 Å². The number of fused-ring (bicyclic) bond motifs is 2. The number of piperazine rings is 1. The molecule has 2 saturated heterocycles. The molecule has 2 unspecified atom stereocenters. The third-order valence-corrected chi connectivity index (χ3v) is 8.42. The summed E-state index contributed by atoms with van der Waals surface area (Å²) < 4.78 is 18.4. The summed E-state index contributed by atoms with van der Waals surface area (Å²) in [6.07, 6.45) is 4.19. The molecule has 0 radical (unpaired) electrons. The lowest BCUT2D eigenvalue weighted by Gasteiger charge is -2.34. The first-order valence-electron chi connectivity index (χ1n) is 13.8. The number of rotatable bonds is 8. The van der Waals surface area contributed by atoms with Crippen LogP contribution in [0.25, 0.3) is 17.2 Å². The number of benzene rings is 1. The van der Waals surface area contributed by atoms with Gasteiger partial charge < -0.3 is 23.7 Å². The topological polar surface area (TPSA) is 110 Å². The normalized spacial score (nSPS) is 18.2. The molecular weight excluding hydrogens is 534 g/mol. The molecule has 42 heavy (non-hydrogen) atoms. The summed E-state index contributed by atoms with van der Waals surface area (Å²) in [5.41, 5.74) is 4.94. The first kappa shape index (κ1) is 28.9. The van der Waals surface area contributed by atoms with Gasteiger partial charge in [-0.15, -0.1) is 0 Å². The lowest BCUT2D eigenvalue weighted by atomic mass is 9.97. The van der Waals surface area contributed by atoms with E-state index in [9.17, 15) is 14.9 Å². The summed E-state index contributed by atoms with van der Waals surface area (Å²) in [7, 11) is 6.56. The molecule has 2 aliphatic rings. The van der Waals surface area contributed by atoms with Gasteiger partial charge in [-0.25, -0.2) is 4.98 Å². The quantitative estimate of drug-likeness (QED) is 0.300. The highest BCUT2D eigenvalue weighted by Crippen LogP contribution is 2.40. The monoisotopic (exact) mass is 569 g/mol. The average Bonchev–Trinajstić information content (AvgIpc) is 3.61. The third-order valence-electron chi connectivity index (χ3n) is 8.42. The Morgan fingerprint density at radius 2 is 1.79 bits per heavy atom. The number of pyridine rings is 2. The molecule has 2 fully saturated rings. The van der Waals surface area contributed by atoms with Crippen LogP contribution in [0.5, 0.6) is 17.4 Å². The van der Waals surface area contributed by atoms with E-state index in [1.165, 1.54) is 13.2 Å². The highest BCUT2D eigenvalue weighted by molar-refractivity contribution is 6.02. The zero-order chi connectivity index (χ0) is 30.1. The predicted molar refractivity (Wildman–Crippen MR) is 158 cm³/mol. The minimum Gasteiger partial charge on any atom is -0.496 e. The molecule has 10 heteroatoms. The van der Waals surface area contributed by atoms with Gasteiger partial charge in [-0.1, -0.05) is 6.07 Å². The molecule has 2 bridgehead atoms. The van der Waals surface area contributed by atoms with Gasteiger partial charge >= 0.3 is 0 Å². The molecule has 1 amide bonds. The van der Waals surface area contributed by atoms with Crippen molar-refractivity contribution in [3.8, 4) is 34.6 Å². The molecule has 0 N–H and O–H groups in total. The highest BCUT2D eigenvalue weighted by Gasteiger charge is 2.46. The van der Waals surface area contributed by atoms with Gasteiger partial charge in [0, 0.05) is 62.2 Å². The number of carbonyl (C=O) groups is 1. The molecular formula is C32H35N5O5. The SMILES string of the molecule is COc1cccc(/C=C(\C#N)C(=O)N2CC3CC2CN3Cc2c(OC)cc(-c3cn(C)c(=O)c(C)c3C)cc2OC)n1. The molecule has 218 valence electrons. The van der Waals surface area contributed by atoms with E-state index in [1.807, 2.05) is 32.2 Å². The number of methoxy groups -OCH3 is 3. The average molecular weight is 570 g/mol. The Labute approximate surface area is 245 Å². The van der Waals surface area contributed by atoms with E-state index >= 15 is 0 Å². The van der Waals surface area contributed by atoms with Gasteiger partial charge in [-0.3, -0.25) is 14.5 Å². The first-order valence-corrected chi connectivity index (χ1v) is 13.8. The number of nitriles is 1. The first-order chi connectivity index (χ1) is 20.2. The second kappa shape index (κ2) is 11.7. The van der Waals surface area contributed by atoms with Gasteiger partial charge in [-0.2, -0.15) is 5.26 Å². The summed E-state index contributed by atoms with van der Waals surface area (Å²) in [5.74, 6) is 1.54. The van der Waals surface area contributed by atoms with E-state index in [0.717, 1.165) is 28.7 Å². The second-order valence-electron chi connectivity index (χ2n) is 10.8. The fraction of sp³-hybridized carbons (Fsp3) is 0.375. The number of nitrogens with zero attached hydrogens (tertiary/aromatic N) is 5. The lowest BCUT2D eigenvalue weighted by molar-refractivity contribution is -0.128. The summed E-state index contributed by atoms with van der Waals surface area (Å²) in [4.78, 5) is 34.2. The molecule has 5 rings (SSSR count). The summed E-state index contributed by atoms with van der Waals surface area (Å²) in [6.45, 7) is 5.60. The predicted octanol–water partition coefficient (Wildman–Crippen LogP) is 3.48. The molecule has 0 aliphatic carbocycles. The molecule has 10 nitrogen and oxygen atoms in total. The van der Waals surface area contributed by atoms with Gasteiger partial charge in [0.1, 0.15) is 23.1 Å². The van der Waals surface area contributed by atoms with Gasteiger partial charge in [0.05, 0.1) is 32.6 Å². The summed E-state index contributed by atoms with van der Waals surface area (Å²) >= 11 is 0. The van der Waals surface area contributed by atoms with Crippen LogP contribution >= 0.6 is 0 Å². The van der Waals surface area contributed by atoms with Gasteiger partial charge in [0.15, 0.2) is 0 Å². The van der Waals surface area contributed by atoms with E-state index in [4.69, 9.17) is 14.2 Å². The van der Waals surface area contributed by atoms with E-state index < -0.39 is 0 Å². The molecule has 4 heterocycles. The van der Waals surface area contributed by atoms with Crippen LogP contribution in [0, 0.1) is 25.2 Å². The molecule has 0 spiro atoms. The van der Waals surface area contributed by atoms with Crippen molar-refractivity contribution in [2.45, 2.75) is 38.9 Å².